The minimum absolute atomic E-state index is 0.250. The van der Waals surface area contributed by atoms with Gasteiger partial charge in [0.1, 0.15) is 5.15 Å². The molecule has 0 unspecified atom stereocenters. The molecule has 1 aromatic heterocycles. The zero-order chi connectivity index (χ0) is 15.2. The van der Waals surface area contributed by atoms with E-state index in [4.69, 9.17) is 21.2 Å². The number of carbonyl (C=O) groups excluding carboxylic acids is 2. The van der Waals surface area contributed by atoms with Gasteiger partial charge < -0.3 is 0 Å². The molecule has 0 aliphatic heterocycles. The molecular weight excluding hydrogens is 286 g/mol. The Hall–Kier alpha value is -2.48. The largest absolute Gasteiger partial charge is 0.373 e. The van der Waals surface area contributed by atoms with Crippen LogP contribution in [0.25, 0.3) is 22.0 Å². The van der Waals surface area contributed by atoms with Gasteiger partial charge in [-0.3, -0.25) is 0 Å². The summed E-state index contributed by atoms with van der Waals surface area (Å²) in [6.07, 6.45) is 0.250. The van der Waals surface area contributed by atoms with Crippen LogP contribution in [0.1, 0.15) is 5.56 Å². The number of pyridine rings is 1. The van der Waals surface area contributed by atoms with Crippen molar-refractivity contribution >= 4 is 28.7 Å². The van der Waals surface area contributed by atoms with Gasteiger partial charge in [-0.15, -0.1) is 0 Å². The summed E-state index contributed by atoms with van der Waals surface area (Å²) >= 11 is 6.28. The van der Waals surface area contributed by atoms with E-state index in [9.17, 15) is 0 Å². The van der Waals surface area contributed by atoms with Crippen molar-refractivity contribution < 1.29 is 9.59 Å². The number of aryl methyl sites for hydroxylation is 1. The molecule has 4 heteroatoms. The zero-order valence-corrected chi connectivity index (χ0v) is 12.1. The number of fused-ring (bicyclic) bond motifs is 1. The highest BCUT2D eigenvalue weighted by atomic mass is 35.5. The fourth-order valence-corrected chi connectivity index (χ4v) is 2.33. The highest BCUT2D eigenvalue weighted by molar-refractivity contribution is 6.32. The quantitative estimate of drug-likeness (QED) is 0.630. The second-order valence-corrected chi connectivity index (χ2v) is 4.83. The third kappa shape index (κ3) is 3.54. The Morgan fingerprint density at radius 3 is 2.33 bits per heavy atom. The summed E-state index contributed by atoms with van der Waals surface area (Å²) < 4.78 is 0. The lowest BCUT2D eigenvalue weighted by Gasteiger charge is -2.06. The van der Waals surface area contributed by atoms with E-state index in [1.807, 2.05) is 30.3 Å². The van der Waals surface area contributed by atoms with Gasteiger partial charge in [0.05, 0.1) is 5.52 Å². The van der Waals surface area contributed by atoms with Crippen molar-refractivity contribution in [2.75, 3.05) is 0 Å². The summed E-state index contributed by atoms with van der Waals surface area (Å²) in [5.74, 6) is 0. The molecule has 0 radical (unpaired) electrons. The third-order valence-electron chi connectivity index (χ3n) is 3.01. The van der Waals surface area contributed by atoms with Crippen molar-refractivity contribution in [3.05, 3.63) is 65.3 Å². The van der Waals surface area contributed by atoms with Gasteiger partial charge in [-0.05, 0) is 30.2 Å². The average Bonchev–Trinajstić information content (AvgIpc) is 2.48. The number of halogens is 1. The summed E-state index contributed by atoms with van der Waals surface area (Å²) in [5.41, 5.74) is 4.21. The summed E-state index contributed by atoms with van der Waals surface area (Å²) in [6, 6.07) is 18.4. The molecule has 0 atom stereocenters. The van der Waals surface area contributed by atoms with E-state index in [1.54, 1.807) is 0 Å². The molecule has 0 fully saturated rings. The highest BCUT2D eigenvalue weighted by Crippen LogP contribution is 2.29. The van der Waals surface area contributed by atoms with Crippen LogP contribution in [0.15, 0.2) is 54.6 Å². The average molecular weight is 298 g/mol. The Bertz CT molecular complexity index is 794. The first-order chi connectivity index (χ1) is 10.2. The predicted octanol–water partition coefficient (Wildman–Crippen LogP) is 4.28. The molecule has 2 aromatic carbocycles. The van der Waals surface area contributed by atoms with Crippen LogP contribution >= 0.6 is 11.6 Å². The van der Waals surface area contributed by atoms with Crippen LogP contribution in [0, 0.1) is 6.92 Å². The van der Waals surface area contributed by atoms with E-state index in [0.717, 1.165) is 22.0 Å². The maximum Gasteiger partial charge on any atom is 0.373 e. The summed E-state index contributed by atoms with van der Waals surface area (Å²) in [5, 5.41) is 1.67. The first kappa shape index (κ1) is 14.9. The van der Waals surface area contributed by atoms with Gasteiger partial charge in [0.15, 0.2) is 0 Å². The molecular formula is C17H12ClNO2. The maximum absolute atomic E-state index is 8.12. The topological polar surface area (TPSA) is 47.0 Å². The lowest BCUT2D eigenvalue weighted by atomic mass is 10.0. The van der Waals surface area contributed by atoms with Gasteiger partial charge in [-0.25, -0.2) is 4.98 Å². The number of rotatable bonds is 1. The Labute approximate surface area is 127 Å². The first-order valence-corrected chi connectivity index (χ1v) is 6.65. The Kier molecular flexibility index (Phi) is 4.83. The molecule has 3 rings (SSSR count). The van der Waals surface area contributed by atoms with Crippen molar-refractivity contribution in [3.8, 4) is 11.1 Å². The number of nitrogens with zero attached hydrogens (tertiary/aromatic N) is 1. The minimum Gasteiger partial charge on any atom is -0.235 e. The van der Waals surface area contributed by atoms with E-state index in [0.29, 0.717) is 5.15 Å². The molecule has 0 aliphatic carbocycles. The molecule has 3 aromatic rings. The monoisotopic (exact) mass is 297 g/mol. The van der Waals surface area contributed by atoms with Crippen LogP contribution in [-0.2, 0) is 9.59 Å². The van der Waals surface area contributed by atoms with Gasteiger partial charge in [-0.1, -0.05) is 54.1 Å². The molecule has 0 saturated heterocycles. The maximum atomic E-state index is 8.12. The number of aromatic nitrogens is 1. The molecule has 3 nitrogen and oxygen atoms in total. The van der Waals surface area contributed by atoms with Crippen molar-refractivity contribution in [3.63, 3.8) is 0 Å². The van der Waals surface area contributed by atoms with Crippen LogP contribution < -0.4 is 0 Å². The Morgan fingerprint density at radius 1 is 1.00 bits per heavy atom. The summed E-state index contributed by atoms with van der Waals surface area (Å²) in [6.45, 7) is 2.06. The number of hydrogen-bond donors (Lipinski definition) is 0. The number of hydrogen-bond acceptors (Lipinski definition) is 3. The smallest absolute Gasteiger partial charge is 0.235 e. The Morgan fingerprint density at radius 2 is 1.67 bits per heavy atom. The van der Waals surface area contributed by atoms with Crippen molar-refractivity contribution in [2.24, 2.45) is 0 Å². The molecule has 0 saturated carbocycles. The SMILES string of the molecule is Cc1ccc2cc(-c3ccccc3)c(Cl)nc2c1.O=C=O. The van der Waals surface area contributed by atoms with Crippen molar-refractivity contribution in [1.29, 1.82) is 0 Å². The van der Waals surface area contributed by atoms with Crippen LogP contribution in [0.3, 0.4) is 0 Å². The second kappa shape index (κ2) is 6.80. The fourth-order valence-electron chi connectivity index (χ4n) is 2.07. The van der Waals surface area contributed by atoms with E-state index in [1.165, 1.54) is 5.56 Å². The molecule has 0 N–H and O–H groups in total. The lowest BCUT2D eigenvalue weighted by Crippen LogP contribution is -1.86. The van der Waals surface area contributed by atoms with E-state index >= 15 is 0 Å². The fraction of sp³-hybridized carbons (Fsp3) is 0.0588. The molecule has 0 spiro atoms. The summed E-state index contributed by atoms with van der Waals surface area (Å²) in [4.78, 5) is 20.7. The predicted molar refractivity (Wildman–Crippen MR) is 81.9 cm³/mol. The van der Waals surface area contributed by atoms with Gasteiger partial charge >= 0.3 is 6.15 Å². The third-order valence-corrected chi connectivity index (χ3v) is 3.30. The van der Waals surface area contributed by atoms with Crippen LogP contribution in [0.5, 0.6) is 0 Å². The normalized spacial score (nSPS) is 9.62. The molecule has 0 aliphatic rings. The summed E-state index contributed by atoms with van der Waals surface area (Å²) in [7, 11) is 0. The van der Waals surface area contributed by atoms with Crippen LogP contribution in [-0.4, -0.2) is 11.1 Å². The minimum atomic E-state index is 0.250. The zero-order valence-electron chi connectivity index (χ0n) is 11.3. The molecule has 0 amide bonds. The van der Waals surface area contributed by atoms with Crippen LogP contribution in [0.2, 0.25) is 5.15 Å². The lowest BCUT2D eigenvalue weighted by molar-refractivity contribution is -0.191. The van der Waals surface area contributed by atoms with Gasteiger partial charge in [-0.2, -0.15) is 9.59 Å². The van der Waals surface area contributed by atoms with Crippen LogP contribution in [0.4, 0.5) is 0 Å². The van der Waals surface area contributed by atoms with Gasteiger partial charge in [0.2, 0.25) is 0 Å². The van der Waals surface area contributed by atoms with E-state index in [-0.39, 0.29) is 6.15 Å². The Balaban J connectivity index is 0.000000497. The van der Waals surface area contributed by atoms with Crippen molar-refractivity contribution in [2.45, 2.75) is 6.92 Å². The second-order valence-electron chi connectivity index (χ2n) is 4.47. The molecule has 104 valence electrons. The number of benzene rings is 2. The molecule has 0 bridgehead atoms. The van der Waals surface area contributed by atoms with Gasteiger partial charge in [0.25, 0.3) is 0 Å². The first-order valence-electron chi connectivity index (χ1n) is 6.27. The standard InChI is InChI=1S/C16H12ClN.CO2/c1-11-7-8-13-10-14(12-5-3-2-4-6-12)16(17)18-15(13)9-11;2-1-3/h2-10H,1H3;. The highest BCUT2D eigenvalue weighted by Gasteiger charge is 2.06. The van der Waals surface area contributed by atoms with Gasteiger partial charge in [0, 0.05) is 10.9 Å². The molecule has 1 heterocycles. The van der Waals surface area contributed by atoms with E-state index in [2.05, 4.69) is 36.2 Å². The van der Waals surface area contributed by atoms with E-state index < -0.39 is 0 Å². The van der Waals surface area contributed by atoms with Crippen molar-refractivity contribution in [1.82, 2.24) is 4.98 Å². The molecule has 21 heavy (non-hydrogen) atoms.